The Bertz CT molecular complexity index is 656. The summed E-state index contributed by atoms with van der Waals surface area (Å²) in [5, 5.41) is 0. The van der Waals surface area contributed by atoms with Crippen LogP contribution >= 0.6 is 28.1 Å². The number of aromatic nitrogens is 2. The molecule has 6 heteroatoms. The SMILES string of the molecule is CC(C)(C(N)=O)n1c(=S)[nH]c2cc(Br)ccc21. The zero-order chi connectivity index (χ0) is 12.8. The van der Waals surface area contributed by atoms with E-state index in [1.165, 1.54) is 0 Å². The third kappa shape index (κ3) is 1.91. The Morgan fingerprint density at radius 2 is 2.18 bits per heavy atom. The molecule has 0 aliphatic heterocycles. The Labute approximate surface area is 112 Å². The Balaban J connectivity index is 2.83. The van der Waals surface area contributed by atoms with Crippen LogP contribution in [0.5, 0.6) is 0 Å². The number of aromatic amines is 1. The van der Waals surface area contributed by atoms with E-state index < -0.39 is 11.4 Å². The van der Waals surface area contributed by atoms with Crippen molar-refractivity contribution < 1.29 is 4.79 Å². The van der Waals surface area contributed by atoms with E-state index in [0.717, 1.165) is 15.5 Å². The van der Waals surface area contributed by atoms with Gasteiger partial charge in [0.25, 0.3) is 0 Å². The van der Waals surface area contributed by atoms with Gasteiger partial charge in [0.2, 0.25) is 5.91 Å². The molecule has 0 saturated heterocycles. The van der Waals surface area contributed by atoms with Crippen molar-refractivity contribution in [2.45, 2.75) is 19.4 Å². The first-order valence-corrected chi connectivity index (χ1v) is 6.25. The van der Waals surface area contributed by atoms with Gasteiger partial charge in [-0.25, -0.2) is 0 Å². The number of primary amides is 1. The van der Waals surface area contributed by atoms with Gasteiger partial charge in [0.1, 0.15) is 5.54 Å². The van der Waals surface area contributed by atoms with Gasteiger partial charge >= 0.3 is 0 Å². The molecule has 0 saturated carbocycles. The lowest BCUT2D eigenvalue weighted by atomic mass is 10.0. The second-order valence-electron chi connectivity index (χ2n) is 4.35. The summed E-state index contributed by atoms with van der Waals surface area (Å²) < 4.78 is 3.18. The number of carbonyl (C=O) groups excluding carboxylic acids is 1. The van der Waals surface area contributed by atoms with Crippen LogP contribution in [0, 0.1) is 4.77 Å². The van der Waals surface area contributed by atoms with Crippen LogP contribution in [-0.4, -0.2) is 15.5 Å². The van der Waals surface area contributed by atoms with Crippen LogP contribution in [0.15, 0.2) is 22.7 Å². The molecule has 0 unspecified atom stereocenters. The highest BCUT2D eigenvalue weighted by Crippen LogP contribution is 2.25. The molecule has 4 nitrogen and oxygen atoms in total. The summed E-state index contributed by atoms with van der Waals surface area (Å²) in [5.74, 6) is -0.419. The maximum Gasteiger partial charge on any atom is 0.243 e. The zero-order valence-electron chi connectivity index (χ0n) is 9.45. The van der Waals surface area contributed by atoms with Crippen molar-refractivity contribution in [2.75, 3.05) is 0 Å². The lowest BCUT2D eigenvalue weighted by Gasteiger charge is -2.23. The first-order chi connectivity index (χ1) is 7.84. The van der Waals surface area contributed by atoms with E-state index in [0.29, 0.717) is 4.77 Å². The number of hydrogen-bond acceptors (Lipinski definition) is 2. The monoisotopic (exact) mass is 313 g/mol. The molecule has 1 aromatic carbocycles. The molecular formula is C11H12BrN3OS. The molecule has 0 aliphatic rings. The Hall–Kier alpha value is -1.14. The molecule has 3 N–H and O–H groups in total. The van der Waals surface area contributed by atoms with Crippen LogP contribution in [0.1, 0.15) is 13.8 Å². The van der Waals surface area contributed by atoms with E-state index >= 15 is 0 Å². The summed E-state index contributed by atoms with van der Waals surface area (Å²) in [6, 6.07) is 5.72. The first-order valence-electron chi connectivity index (χ1n) is 5.04. The Morgan fingerprint density at radius 3 is 2.76 bits per heavy atom. The van der Waals surface area contributed by atoms with Gasteiger partial charge in [0.15, 0.2) is 4.77 Å². The molecule has 90 valence electrons. The van der Waals surface area contributed by atoms with E-state index in [9.17, 15) is 4.79 Å². The van der Waals surface area contributed by atoms with Crippen molar-refractivity contribution >= 4 is 45.1 Å². The number of amides is 1. The molecular weight excluding hydrogens is 302 g/mol. The fourth-order valence-corrected chi connectivity index (χ4v) is 2.55. The highest BCUT2D eigenvalue weighted by atomic mass is 79.9. The zero-order valence-corrected chi connectivity index (χ0v) is 11.9. The Morgan fingerprint density at radius 1 is 1.53 bits per heavy atom. The number of benzene rings is 1. The second kappa shape index (κ2) is 3.96. The van der Waals surface area contributed by atoms with Gasteiger partial charge in [-0.15, -0.1) is 0 Å². The summed E-state index contributed by atoms with van der Waals surface area (Å²) in [6.45, 7) is 3.50. The highest BCUT2D eigenvalue weighted by molar-refractivity contribution is 9.10. The molecule has 0 aliphatic carbocycles. The lowest BCUT2D eigenvalue weighted by molar-refractivity contribution is -0.124. The van der Waals surface area contributed by atoms with E-state index in [2.05, 4.69) is 20.9 Å². The number of nitrogens with zero attached hydrogens (tertiary/aromatic N) is 1. The van der Waals surface area contributed by atoms with Crippen LogP contribution in [-0.2, 0) is 10.3 Å². The van der Waals surface area contributed by atoms with Gasteiger partial charge in [-0.2, -0.15) is 0 Å². The highest BCUT2D eigenvalue weighted by Gasteiger charge is 2.29. The van der Waals surface area contributed by atoms with Gasteiger partial charge in [0, 0.05) is 4.47 Å². The smallest absolute Gasteiger partial charge is 0.243 e. The van der Waals surface area contributed by atoms with Crippen LogP contribution in [0.3, 0.4) is 0 Å². The molecule has 0 bridgehead atoms. The van der Waals surface area contributed by atoms with Gasteiger partial charge in [0.05, 0.1) is 11.0 Å². The number of nitrogens with two attached hydrogens (primary N) is 1. The van der Waals surface area contributed by atoms with Crippen molar-refractivity contribution in [3.05, 3.63) is 27.4 Å². The number of fused-ring (bicyclic) bond motifs is 1. The van der Waals surface area contributed by atoms with Crippen LogP contribution < -0.4 is 5.73 Å². The van der Waals surface area contributed by atoms with Crippen LogP contribution in [0.4, 0.5) is 0 Å². The van der Waals surface area contributed by atoms with Crippen molar-refractivity contribution in [2.24, 2.45) is 5.73 Å². The molecule has 1 amide bonds. The summed E-state index contributed by atoms with van der Waals surface area (Å²) in [4.78, 5) is 14.6. The van der Waals surface area contributed by atoms with E-state index in [1.807, 2.05) is 18.2 Å². The normalized spacial score (nSPS) is 11.9. The lowest BCUT2D eigenvalue weighted by Crippen LogP contribution is -2.41. The average Bonchev–Trinajstić information content (AvgIpc) is 2.53. The third-order valence-corrected chi connectivity index (χ3v) is 3.58. The number of rotatable bonds is 2. The van der Waals surface area contributed by atoms with Gasteiger partial charge < -0.3 is 15.3 Å². The molecule has 0 spiro atoms. The number of nitrogens with one attached hydrogen (secondary N) is 1. The van der Waals surface area contributed by atoms with E-state index in [4.69, 9.17) is 18.0 Å². The minimum Gasteiger partial charge on any atom is -0.368 e. The third-order valence-electron chi connectivity index (χ3n) is 2.81. The minimum atomic E-state index is -0.858. The number of H-pyrrole nitrogens is 1. The molecule has 0 radical (unpaired) electrons. The molecule has 2 rings (SSSR count). The quantitative estimate of drug-likeness (QED) is 0.837. The minimum absolute atomic E-state index is 0.419. The van der Waals surface area contributed by atoms with Gasteiger partial charge in [-0.3, -0.25) is 4.79 Å². The van der Waals surface area contributed by atoms with Gasteiger partial charge in [-0.1, -0.05) is 15.9 Å². The molecule has 2 aromatic rings. The largest absolute Gasteiger partial charge is 0.368 e. The predicted molar refractivity (Wildman–Crippen MR) is 73.3 cm³/mol. The first kappa shape index (κ1) is 12.3. The molecule has 1 heterocycles. The van der Waals surface area contributed by atoms with Crippen LogP contribution in [0.25, 0.3) is 11.0 Å². The summed E-state index contributed by atoms with van der Waals surface area (Å²) in [6.07, 6.45) is 0. The predicted octanol–water partition coefficient (Wildman–Crippen LogP) is 2.68. The van der Waals surface area contributed by atoms with Gasteiger partial charge in [-0.05, 0) is 44.3 Å². The fourth-order valence-electron chi connectivity index (χ4n) is 1.75. The van der Waals surface area contributed by atoms with Crippen molar-refractivity contribution in [3.63, 3.8) is 0 Å². The van der Waals surface area contributed by atoms with Crippen molar-refractivity contribution in [3.8, 4) is 0 Å². The maximum atomic E-state index is 11.5. The maximum absolute atomic E-state index is 11.5. The Kier molecular flexibility index (Phi) is 2.87. The second-order valence-corrected chi connectivity index (χ2v) is 5.65. The molecule has 1 aromatic heterocycles. The standard InChI is InChI=1S/C11H12BrN3OS/c1-11(2,9(13)16)15-8-4-3-6(12)5-7(8)14-10(15)17/h3-5H,1-2H3,(H2,13,16)(H,14,17). The number of halogens is 1. The van der Waals surface area contributed by atoms with Crippen molar-refractivity contribution in [1.29, 1.82) is 0 Å². The molecule has 0 atom stereocenters. The van der Waals surface area contributed by atoms with E-state index in [-0.39, 0.29) is 0 Å². The molecule has 17 heavy (non-hydrogen) atoms. The number of hydrogen-bond donors (Lipinski definition) is 2. The number of imidazole rings is 1. The number of carbonyl (C=O) groups is 1. The average molecular weight is 314 g/mol. The van der Waals surface area contributed by atoms with E-state index in [1.54, 1.807) is 18.4 Å². The topological polar surface area (TPSA) is 63.8 Å². The summed E-state index contributed by atoms with van der Waals surface area (Å²) >= 11 is 8.64. The summed E-state index contributed by atoms with van der Waals surface area (Å²) in [5.41, 5.74) is 6.30. The van der Waals surface area contributed by atoms with Crippen molar-refractivity contribution in [1.82, 2.24) is 9.55 Å². The molecule has 0 fully saturated rings. The van der Waals surface area contributed by atoms with Crippen LogP contribution in [0.2, 0.25) is 0 Å². The summed E-state index contributed by atoms with van der Waals surface area (Å²) in [7, 11) is 0. The fraction of sp³-hybridized carbons (Fsp3) is 0.273.